The third-order valence-corrected chi connectivity index (χ3v) is 8.94. The van der Waals surface area contributed by atoms with Crippen molar-refractivity contribution in [3.05, 3.63) is 83.4 Å². The van der Waals surface area contributed by atoms with Gasteiger partial charge in [0.15, 0.2) is 0 Å². The average Bonchev–Trinajstić information content (AvgIpc) is 3.36. The van der Waals surface area contributed by atoms with Crippen LogP contribution in [0.2, 0.25) is 0 Å². The second kappa shape index (κ2) is 15.6. The normalized spacial score (nSPS) is 16.5. The van der Waals surface area contributed by atoms with Gasteiger partial charge in [-0.3, -0.25) is 4.79 Å². The standard InChI is InChI=1S/C36H46FN5O4/c1-24-31-7-3-8-32(37)36(31)42(16-5-17-46-2)35(24)28-6-4-15-41(22-28)34(45)19-29(38)18-25-9-11-26(12-10-25)27-13-14-33(39-20-27)40-21-30(44)23-43/h3,7-14,20,28-30,43-44H,4-6,15-19,21-23,38H2,1-2H3,(H,39,40)/t28?,29-,30-/m1/s1. The molecule has 10 heteroatoms. The van der Waals surface area contributed by atoms with Crippen LogP contribution in [0.15, 0.2) is 60.8 Å². The number of nitrogens with two attached hydrogens (primary N) is 1. The predicted octanol–water partition coefficient (Wildman–Crippen LogP) is 4.62. The Bertz CT molecular complexity index is 1590. The van der Waals surface area contributed by atoms with E-state index in [0.29, 0.717) is 44.0 Å². The SMILES string of the molecule is COCCCn1c(C2CCCN(C(=O)C[C@H](N)Cc3ccc(-c4ccc(NC[C@@H](O)CO)nc4)cc3)C2)c(C)c2cccc(F)c21. The number of hydrogen-bond acceptors (Lipinski definition) is 7. The lowest BCUT2D eigenvalue weighted by Crippen LogP contribution is -2.42. The Balaban J connectivity index is 1.19. The van der Waals surface area contributed by atoms with Gasteiger partial charge in [0, 0.05) is 81.1 Å². The van der Waals surface area contributed by atoms with Crippen molar-refractivity contribution in [1.29, 1.82) is 0 Å². The number of anilines is 1. The zero-order valence-electron chi connectivity index (χ0n) is 26.8. The molecule has 1 aliphatic heterocycles. The van der Waals surface area contributed by atoms with Gasteiger partial charge in [0.05, 0.1) is 18.2 Å². The summed E-state index contributed by atoms with van der Waals surface area (Å²) in [5.74, 6) is 0.594. The number of fused-ring (bicyclic) bond motifs is 1. The summed E-state index contributed by atoms with van der Waals surface area (Å²) in [6, 6.07) is 16.9. The summed E-state index contributed by atoms with van der Waals surface area (Å²) in [6.45, 7) is 4.57. The van der Waals surface area contributed by atoms with Crippen LogP contribution in [0.1, 0.15) is 48.4 Å². The first-order valence-electron chi connectivity index (χ1n) is 16.2. The molecule has 0 saturated carbocycles. The molecule has 1 fully saturated rings. The summed E-state index contributed by atoms with van der Waals surface area (Å²) in [6.07, 6.45) is 4.41. The van der Waals surface area contributed by atoms with E-state index >= 15 is 4.39 Å². The fourth-order valence-corrected chi connectivity index (χ4v) is 6.62. The number of ether oxygens (including phenoxy) is 1. The largest absolute Gasteiger partial charge is 0.394 e. The summed E-state index contributed by atoms with van der Waals surface area (Å²) >= 11 is 0. The average molecular weight is 632 g/mol. The molecule has 1 amide bonds. The highest BCUT2D eigenvalue weighted by atomic mass is 19.1. The van der Waals surface area contributed by atoms with Gasteiger partial charge in [-0.2, -0.15) is 0 Å². The lowest BCUT2D eigenvalue weighted by atomic mass is 9.91. The van der Waals surface area contributed by atoms with Crippen LogP contribution in [-0.4, -0.2) is 82.7 Å². The van der Waals surface area contributed by atoms with Crippen LogP contribution < -0.4 is 11.1 Å². The fourth-order valence-electron chi connectivity index (χ4n) is 6.62. The van der Waals surface area contributed by atoms with Gasteiger partial charge in [0.1, 0.15) is 11.6 Å². The zero-order valence-corrected chi connectivity index (χ0v) is 26.8. The molecule has 9 nitrogen and oxygen atoms in total. The van der Waals surface area contributed by atoms with Crippen LogP contribution >= 0.6 is 0 Å². The van der Waals surface area contributed by atoms with Crippen LogP contribution in [-0.2, 0) is 22.5 Å². The highest BCUT2D eigenvalue weighted by molar-refractivity contribution is 5.86. The summed E-state index contributed by atoms with van der Waals surface area (Å²) < 4.78 is 22.5. The zero-order chi connectivity index (χ0) is 32.6. The molecule has 2 aromatic carbocycles. The number of nitrogens with one attached hydrogen (secondary N) is 1. The maximum absolute atomic E-state index is 15.1. The number of aromatic nitrogens is 2. The van der Waals surface area contributed by atoms with Gasteiger partial charge in [-0.05, 0) is 67.5 Å². The molecule has 0 bridgehead atoms. The number of pyridine rings is 1. The van der Waals surface area contributed by atoms with Crippen molar-refractivity contribution in [3.63, 3.8) is 0 Å². The number of nitrogens with zero attached hydrogens (tertiary/aromatic N) is 3. The number of carbonyl (C=O) groups excluding carboxylic acids is 1. The van der Waals surface area contributed by atoms with Gasteiger partial charge in [0.25, 0.3) is 0 Å². The molecular weight excluding hydrogens is 585 g/mol. The highest BCUT2D eigenvalue weighted by Gasteiger charge is 2.30. The minimum Gasteiger partial charge on any atom is -0.394 e. The quantitative estimate of drug-likeness (QED) is 0.150. The van der Waals surface area contributed by atoms with E-state index < -0.39 is 6.10 Å². The number of piperidine rings is 1. The van der Waals surface area contributed by atoms with E-state index in [9.17, 15) is 9.90 Å². The van der Waals surface area contributed by atoms with E-state index in [2.05, 4.69) is 21.8 Å². The maximum Gasteiger partial charge on any atom is 0.224 e. The van der Waals surface area contributed by atoms with Crippen molar-refractivity contribution in [2.45, 2.75) is 63.6 Å². The molecule has 5 N–H and O–H groups in total. The van der Waals surface area contributed by atoms with Gasteiger partial charge in [-0.25, -0.2) is 9.37 Å². The number of para-hydroxylation sites is 1. The number of rotatable bonds is 14. The Labute approximate surface area is 270 Å². The molecule has 0 radical (unpaired) electrons. The monoisotopic (exact) mass is 631 g/mol. The first-order chi connectivity index (χ1) is 22.3. The van der Waals surface area contributed by atoms with Crippen molar-refractivity contribution in [3.8, 4) is 11.1 Å². The fraction of sp³-hybridized carbons (Fsp3) is 0.444. The Morgan fingerprint density at radius 1 is 1.17 bits per heavy atom. The second-order valence-corrected chi connectivity index (χ2v) is 12.3. The van der Waals surface area contributed by atoms with E-state index in [4.69, 9.17) is 15.6 Å². The summed E-state index contributed by atoms with van der Waals surface area (Å²) in [7, 11) is 1.68. The van der Waals surface area contributed by atoms with E-state index in [1.165, 1.54) is 6.07 Å². The Morgan fingerprint density at radius 2 is 1.96 bits per heavy atom. The van der Waals surface area contributed by atoms with Gasteiger partial charge < -0.3 is 35.5 Å². The van der Waals surface area contributed by atoms with Gasteiger partial charge in [-0.1, -0.05) is 36.4 Å². The summed E-state index contributed by atoms with van der Waals surface area (Å²) in [5, 5.41) is 22.4. The molecule has 246 valence electrons. The predicted molar refractivity (Wildman–Crippen MR) is 179 cm³/mol. The molecule has 1 unspecified atom stereocenters. The number of benzene rings is 2. The molecule has 0 aliphatic carbocycles. The molecule has 3 heterocycles. The molecule has 1 aliphatic rings. The second-order valence-electron chi connectivity index (χ2n) is 12.3. The number of aryl methyl sites for hydroxylation is 2. The lowest BCUT2D eigenvalue weighted by molar-refractivity contribution is -0.132. The highest BCUT2D eigenvalue weighted by Crippen LogP contribution is 2.37. The van der Waals surface area contributed by atoms with Gasteiger partial charge >= 0.3 is 0 Å². The molecule has 5 rings (SSSR count). The van der Waals surface area contributed by atoms with Crippen LogP contribution in [0.25, 0.3) is 22.0 Å². The molecule has 2 aromatic heterocycles. The van der Waals surface area contributed by atoms with Crippen molar-refractivity contribution in [1.82, 2.24) is 14.5 Å². The summed E-state index contributed by atoms with van der Waals surface area (Å²) in [4.78, 5) is 19.8. The number of amides is 1. The van der Waals surface area contributed by atoms with Crippen molar-refractivity contribution in [2.75, 3.05) is 45.3 Å². The Kier molecular flexibility index (Phi) is 11.4. The van der Waals surface area contributed by atoms with Gasteiger partial charge in [0.2, 0.25) is 5.91 Å². The van der Waals surface area contributed by atoms with E-state index in [-0.39, 0.29) is 43.3 Å². The van der Waals surface area contributed by atoms with E-state index in [1.807, 2.05) is 47.4 Å². The molecule has 4 aromatic rings. The van der Waals surface area contributed by atoms with Crippen LogP contribution in [0.5, 0.6) is 0 Å². The maximum atomic E-state index is 15.1. The number of halogens is 1. The number of hydrogen-bond donors (Lipinski definition) is 4. The van der Waals surface area contributed by atoms with Crippen molar-refractivity contribution < 1.29 is 24.1 Å². The smallest absolute Gasteiger partial charge is 0.224 e. The number of aliphatic hydroxyl groups excluding tert-OH is 2. The number of methoxy groups -OCH3 is 1. The number of aliphatic hydroxyl groups is 2. The summed E-state index contributed by atoms with van der Waals surface area (Å²) in [5.41, 5.74) is 12.4. The van der Waals surface area contributed by atoms with E-state index in [0.717, 1.165) is 52.6 Å². The number of likely N-dealkylation sites (tertiary alicyclic amines) is 1. The molecule has 0 spiro atoms. The molecule has 3 atom stereocenters. The molecular formula is C36H46FN5O4. The lowest BCUT2D eigenvalue weighted by Gasteiger charge is -2.34. The molecule has 1 saturated heterocycles. The third-order valence-electron chi connectivity index (χ3n) is 8.94. The van der Waals surface area contributed by atoms with Crippen molar-refractivity contribution >= 4 is 22.6 Å². The first-order valence-corrected chi connectivity index (χ1v) is 16.2. The molecule has 46 heavy (non-hydrogen) atoms. The Morgan fingerprint density at radius 3 is 2.67 bits per heavy atom. The van der Waals surface area contributed by atoms with Crippen LogP contribution in [0.3, 0.4) is 0 Å². The van der Waals surface area contributed by atoms with E-state index in [1.54, 1.807) is 19.4 Å². The van der Waals surface area contributed by atoms with Gasteiger partial charge in [-0.15, -0.1) is 0 Å². The van der Waals surface area contributed by atoms with Crippen molar-refractivity contribution in [2.24, 2.45) is 5.73 Å². The van der Waals surface area contributed by atoms with Crippen LogP contribution in [0, 0.1) is 12.7 Å². The third kappa shape index (κ3) is 7.93. The van der Waals surface area contributed by atoms with Crippen LogP contribution in [0.4, 0.5) is 10.2 Å². The first kappa shape index (κ1) is 33.5. The number of carbonyl (C=O) groups is 1. The topological polar surface area (TPSA) is 126 Å². The Hall–Kier alpha value is -3.83. The minimum absolute atomic E-state index is 0.0611. The minimum atomic E-state index is -0.834.